The summed E-state index contributed by atoms with van der Waals surface area (Å²) in [5, 5.41) is 10.7. The molecule has 6 heteroatoms. The van der Waals surface area contributed by atoms with E-state index in [1.807, 2.05) is 19.1 Å². The third-order valence-corrected chi connectivity index (χ3v) is 4.42. The predicted octanol–water partition coefficient (Wildman–Crippen LogP) is 1.41. The maximum Gasteiger partial charge on any atom is 0.261 e. The van der Waals surface area contributed by atoms with Crippen molar-refractivity contribution in [1.82, 2.24) is 0 Å². The Kier molecular flexibility index (Phi) is 4.28. The second-order valence-corrected chi connectivity index (χ2v) is 6.11. The summed E-state index contributed by atoms with van der Waals surface area (Å²) in [6.07, 6.45) is 0.697. The van der Waals surface area contributed by atoms with Gasteiger partial charge < -0.3 is 9.90 Å². The Balaban J connectivity index is 2.32. The summed E-state index contributed by atoms with van der Waals surface area (Å²) in [6, 6.07) is 12.0. The van der Waals surface area contributed by atoms with Crippen molar-refractivity contribution >= 4 is 21.7 Å². The lowest BCUT2D eigenvalue weighted by Gasteiger charge is -2.12. The molecule has 0 bridgehead atoms. The molecule has 0 aromatic heterocycles. The molecule has 110 valence electrons. The van der Waals surface area contributed by atoms with E-state index in [1.54, 1.807) is 12.1 Å². The molecule has 2 aromatic carbocycles. The van der Waals surface area contributed by atoms with E-state index < -0.39 is 16.0 Å². The van der Waals surface area contributed by atoms with Gasteiger partial charge in [-0.25, -0.2) is 8.42 Å². The average molecular weight is 304 g/mol. The van der Waals surface area contributed by atoms with Crippen LogP contribution in [-0.2, 0) is 16.4 Å². The smallest absolute Gasteiger partial charge is 0.261 e. The highest BCUT2D eigenvalue weighted by Gasteiger charge is 2.15. The zero-order chi connectivity index (χ0) is 15.5. The number of carboxylic acids is 1. The molecule has 1 N–H and O–H groups in total. The highest BCUT2D eigenvalue weighted by molar-refractivity contribution is 7.92. The number of rotatable bonds is 5. The quantitative estimate of drug-likeness (QED) is 0.905. The van der Waals surface area contributed by atoms with E-state index in [2.05, 4.69) is 4.72 Å². The van der Waals surface area contributed by atoms with Crippen molar-refractivity contribution in [3.63, 3.8) is 0 Å². The lowest BCUT2D eigenvalue weighted by molar-refractivity contribution is -0.255. The zero-order valence-corrected chi connectivity index (χ0v) is 12.2. The molecule has 0 fully saturated rings. The lowest BCUT2D eigenvalue weighted by Crippen LogP contribution is -2.22. The number of para-hydroxylation sites is 1. The molecule has 0 aliphatic heterocycles. The Morgan fingerprint density at radius 2 is 1.71 bits per heavy atom. The number of nitrogens with one attached hydrogen (secondary N) is 1. The van der Waals surface area contributed by atoms with Gasteiger partial charge in [-0.05, 0) is 35.7 Å². The summed E-state index contributed by atoms with van der Waals surface area (Å²) in [6.45, 7) is 1.93. The van der Waals surface area contributed by atoms with Crippen LogP contribution < -0.4 is 9.83 Å². The van der Waals surface area contributed by atoms with E-state index in [1.165, 1.54) is 24.3 Å². The van der Waals surface area contributed by atoms with Crippen LogP contribution in [0, 0.1) is 0 Å². The van der Waals surface area contributed by atoms with Crippen molar-refractivity contribution in [2.45, 2.75) is 18.2 Å². The fourth-order valence-electron chi connectivity index (χ4n) is 1.90. The summed E-state index contributed by atoms with van der Waals surface area (Å²) in [7, 11) is -3.75. The fourth-order valence-corrected chi connectivity index (χ4v) is 3.00. The largest absolute Gasteiger partial charge is 0.545 e. The molecule has 2 aromatic rings. The molecular formula is C15H14NO4S-. The van der Waals surface area contributed by atoms with Gasteiger partial charge in [0.05, 0.1) is 16.6 Å². The number of aromatic carboxylic acids is 1. The van der Waals surface area contributed by atoms with Crippen molar-refractivity contribution in [3.05, 3.63) is 59.7 Å². The van der Waals surface area contributed by atoms with Crippen molar-refractivity contribution in [3.8, 4) is 0 Å². The Morgan fingerprint density at radius 1 is 1.10 bits per heavy atom. The van der Waals surface area contributed by atoms with Crippen molar-refractivity contribution in [2.24, 2.45) is 0 Å². The van der Waals surface area contributed by atoms with Gasteiger partial charge in [0, 0.05) is 0 Å². The molecule has 0 aliphatic rings. The van der Waals surface area contributed by atoms with Gasteiger partial charge in [-0.1, -0.05) is 37.3 Å². The first-order valence-electron chi connectivity index (χ1n) is 6.36. The minimum absolute atomic E-state index is 0.00148. The van der Waals surface area contributed by atoms with Crippen LogP contribution in [0.5, 0.6) is 0 Å². The van der Waals surface area contributed by atoms with Gasteiger partial charge in [0.25, 0.3) is 10.0 Å². The van der Waals surface area contributed by atoms with Crippen molar-refractivity contribution in [2.75, 3.05) is 4.72 Å². The van der Waals surface area contributed by atoms with Gasteiger partial charge in [0.2, 0.25) is 0 Å². The molecule has 0 unspecified atom stereocenters. The number of benzene rings is 2. The molecular weight excluding hydrogens is 290 g/mol. The monoisotopic (exact) mass is 304 g/mol. The molecule has 2 rings (SSSR count). The molecule has 21 heavy (non-hydrogen) atoms. The minimum atomic E-state index is -3.75. The van der Waals surface area contributed by atoms with Crippen LogP contribution in [0.1, 0.15) is 22.8 Å². The summed E-state index contributed by atoms with van der Waals surface area (Å²) in [4.78, 5) is 10.7. The number of carbonyl (C=O) groups excluding carboxylic acids is 1. The molecule has 5 nitrogen and oxygen atoms in total. The van der Waals surface area contributed by atoms with Crippen LogP contribution in [0.15, 0.2) is 53.4 Å². The number of sulfonamides is 1. The summed E-state index contributed by atoms with van der Waals surface area (Å²) < 4.78 is 27.1. The lowest BCUT2D eigenvalue weighted by atomic mass is 10.1. The summed E-state index contributed by atoms with van der Waals surface area (Å²) in [5.41, 5.74) is 1.33. The third kappa shape index (κ3) is 3.41. The number of aryl methyl sites for hydroxylation is 1. The summed E-state index contributed by atoms with van der Waals surface area (Å²) in [5.74, 6) is -1.34. The molecule has 0 aliphatic carbocycles. The SMILES string of the molecule is CCc1ccccc1NS(=O)(=O)c1ccc(C(=O)[O-])cc1. The van der Waals surface area contributed by atoms with Gasteiger partial charge in [-0.3, -0.25) is 4.72 Å². The van der Waals surface area contributed by atoms with Gasteiger partial charge in [0.15, 0.2) is 0 Å². The molecule has 0 amide bonds. The third-order valence-electron chi connectivity index (χ3n) is 3.04. The molecule has 0 radical (unpaired) electrons. The van der Waals surface area contributed by atoms with Gasteiger partial charge in [-0.15, -0.1) is 0 Å². The Labute approximate surface area is 123 Å². The summed E-state index contributed by atoms with van der Waals surface area (Å²) >= 11 is 0. The first-order chi connectivity index (χ1) is 9.94. The Morgan fingerprint density at radius 3 is 2.29 bits per heavy atom. The van der Waals surface area contributed by atoms with E-state index in [4.69, 9.17) is 0 Å². The number of anilines is 1. The maximum absolute atomic E-state index is 12.3. The molecule has 0 spiro atoms. The number of carbonyl (C=O) groups is 1. The number of hydrogen-bond donors (Lipinski definition) is 1. The van der Waals surface area contributed by atoms with Gasteiger partial charge in [0.1, 0.15) is 0 Å². The number of hydrogen-bond acceptors (Lipinski definition) is 4. The average Bonchev–Trinajstić information content (AvgIpc) is 2.47. The molecule has 0 saturated carbocycles. The van der Waals surface area contributed by atoms with Crippen molar-refractivity contribution in [1.29, 1.82) is 0 Å². The maximum atomic E-state index is 12.3. The van der Waals surface area contributed by atoms with Crippen LogP contribution in [0.4, 0.5) is 5.69 Å². The Bertz CT molecular complexity index is 751. The fraction of sp³-hybridized carbons (Fsp3) is 0.133. The van der Waals surface area contributed by atoms with Crippen LogP contribution in [0.3, 0.4) is 0 Å². The first kappa shape index (κ1) is 15.1. The number of carboxylic acid groups (broad SMARTS) is 1. The van der Waals surface area contributed by atoms with E-state index in [0.29, 0.717) is 12.1 Å². The van der Waals surface area contributed by atoms with E-state index >= 15 is 0 Å². The zero-order valence-electron chi connectivity index (χ0n) is 11.4. The second-order valence-electron chi connectivity index (χ2n) is 4.43. The molecule has 0 saturated heterocycles. The van der Waals surface area contributed by atoms with Crippen LogP contribution in [0.25, 0.3) is 0 Å². The highest BCUT2D eigenvalue weighted by atomic mass is 32.2. The van der Waals surface area contributed by atoms with Gasteiger partial charge in [-0.2, -0.15) is 0 Å². The minimum Gasteiger partial charge on any atom is -0.545 e. The van der Waals surface area contributed by atoms with E-state index in [0.717, 1.165) is 5.56 Å². The normalized spacial score (nSPS) is 11.1. The standard InChI is InChI=1S/C15H15NO4S/c1-2-11-5-3-4-6-14(11)16-21(19,20)13-9-7-12(8-10-13)15(17)18/h3-10,16H,2H2,1H3,(H,17,18)/p-1. The van der Waals surface area contributed by atoms with Crippen LogP contribution in [0.2, 0.25) is 0 Å². The van der Waals surface area contributed by atoms with Crippen LogP contribution >= 0.6 is 0 Å². The topological polar surface area (TPSA) is 86.3 Å². The molecule has 0 heterocycles. The van der Waals surface area contributed by atoms with Crippen molar-refractivity contribution < 1.29 is 18.3 Å². The first-order valence-corrected chi connectivity index (χ1v) is 7.84. The second kappa shape index (κ2) is 5.97. The van der Waals surface area contributed by atoms with Crippen LogP contribution in [-0.4, -0.2) is 14.4 Å². The molecule has 0 atom stereocenters. The Hall–Kier alpha value is -2.34. The highest BCUT2D eigenvalue weighted by Crippen LogP contribution is 2.20. The van der Waals surface area contributed by atoms with Gasteiger partial charge >= 0.3 is 0 Å². The van der Waals surface area contributed by atoms with E-state index in [-0.39, 0.29) is 10.5 Å². The van der Waals surface area contributed by atoms with E-state index in [9.17, 15) is 18.3 Å². The predicted molar refractivity (Wildman–Crippen MR) is 77.4 cm³/mol.